The number of fused-ring (bicyclic) bond motifs is 1. The van der Waals surface area contributed by atoms with Gasteiger partial charge in [0.2, 0.25) is 5.43 Å². The summed E-state index contributed by atoms with van der Waals surface area (Å²) in [6.07, 6.45) is 5.64. The average Bonchev–Trinajstić information content (AvgIpc) is 3.29. The number of aromatic carboxylic acids is 1. The zero-order chi connectivity index (χ0) is 16.4. The smallest absolute Gasteiger partial charge is 0.341 e. The maximum absolute atomic E-state index is 14.5. The van der Waals surface area contributed by atoms with Gasteiger partial charge in [-0.1, -0.05) is 0 Å². The highest BCUT2D eigenvalue weighted by molar-refractivity contribution is 5.93. The molecule has 2 aliphatic rings. The largest absolute Gasteiger partial charge is 0.477 e. The van der Waals surface area contributed by atoms with Crippen molar-refractivity contribution in [3.63, 3.8) is 0 Å². The summed E-state index contributed by atoms with van der Waals surface area (Å²) in [5.74, 6) is -1.81. The van der Waals surface area contributed by atoms with E-state index < -0.39 is 22.8 Å². The fraction of sp³-hybridized carbons (Fsp3) is 0.412. The van der Waals surface area contributed by atoms with Gasteiger partial charge in [-0.2, -0.15) is 0 Å². The van der Waals surface area contributed by atoms with Gasteiger partial charge in [0.1, 0.15) is 11.4 Å². The van der Waals surface area contributed by atoms with E-state index in [0.717, 1.165) is 38.2 Å². The Morgan fingerprint density at radius 2 is 2.04 bits per heavy atom. The molecule has 4 rings (SSSR count). The van der Waals surface area contributed by atoms with E-state index in [4.69, 9.17) is 5.73 Å². The number of nitrogens with two attached hydrogens (primary N) is 1. The van der Waals surface area contributed by atoms with Gasteiger partial charge in [-0.15, -0.1) is 0 Å². The molecule has 0 amide bonds. The predicted molar refractivity (Wildman–Crippen MR) is 83.1 cm³/mol. The van der Waals surface area contributed by atoms with Crippen LogP contribution in [0.2, 0.25) is 0 Å². The number of pyridine rings is 1. The SMILES string of the molecule is NC1(c2cc3c(cc2F)c(=O)c(C(=O)O)cn3C2CC2)CCC1. The quantitative estimate of drug-likeness (QED) is 0.911. The fourth-order valence-corrected chi connectivity index (χ4v) is 3.39. The molecular formula is C17H17FN2O3. The highest BCUT2D eigenvalue weighted by atomic mass is 19.1. The van der Waals surface area contributed by atoms with Gasteiger partial charge in [0.25, 0.3) is 0 Å². The number of benzene rings is 1. The molecule has 0 unspecified atom stereocenters. The van der Waals surface area contributed by atoms with E-state index in [1.54, 1.807) is 10.6 Å². The van der Waals surface area contributed by atoms with Crippen LogP contribution in [-0.4, -0.2) is 15.6 Å². The van der Waals surface area contributed by atoms with Crippen molar-refractivity contribution in [1.82, 2.24) is 4.57 Å². The van der Waals surface area contributed by atoms with Crippen LogP contribution in [0.4, 0.5) is 4.39 Å². The van der Waals surface area contributed by atoms with Gasteiger partial charge in [-0.3, -0.25) is 4.79 Å². The molecule has 2 aromatic rings. The zero-order valence-corrected chi connectivity index (χ0v) is 12.5. The molecular weight excluding hydrogens is 299 g/mol. The molecule has 2 saturated carbocycles. The van der Waals surface area contributed by atoms with Crippen molar-refractivity contribution in [2.24, 2.45) is 5.73 Å². The number of hydrogen-bond acceptors (Lipinski definition) is 3. The van der Waals surface area contributed by atoms with Crippen molar-refractivity contribution in [2.75, 3.05) is 0 Å². The number of carboxylic acids is 1. The van der Waals surface area contributed by atoms with Crippen LogP contribution in [0, 0.1) is 5.82 Å². The summed E-state index contributed by atoms with van der Waals surface area (Å²) in [5, 5.41) is 9.34. The van der Waals surface area contributed by atoms with E-state index in [9.17, 15) is 19.1 Å². The van der Waals surface area contributed by atoms with E-state index in [0.29, 0.717) is 11.1 Å². The molecule has 0 aliphatic heterocycles. The number of nitrogens with zero attached hydrogens (tertiary/aromatic N) is 1. The lowest BCUT2D eigenvalue weighted by molar-refractivity contribution is 0.0695. The molecule has 2 aliphatic carbocycles. The Bertz CT molecular complexity index is 895. The molecule has 23 heavy (non-hydrogen) atoms. The summed E-state index contributed by atoms with van der Waals surface area (Å²) in [6, 6.07) is 2.98. The van der Waals surface area contributed by atoms with Crippen LogP contribution >= 0.6 is 0 Å². The first-order valence-corrected chi connectivity index (χ1v) is 7.82. The topological polar surface area (TPSA) is 85.3 Å². The summed E-state index contributed by atoms with van der Waals surface area (Å²) >= 11 is 0. The van der Waals surface area contributed by atoms with E-state index >= 15 is 0 Å². The maximum atomic E-state index is 14.5. The summed E-state index contributed by atoms with van der Waals surface area (Å²) in [7, 11) is 0. The Balaban J connectivity index is 2.04. The first-order chi connectivity index (χ1) is 10.9. The number of carbonyl (C=O) groups is 1. The molecule has 1 aromatic heterocycles. The predicted octanol–water partition coefficient (Wildman–Crippen LogP) is 2.51. The second kappa shape index (κ2) is 4.64. The summed E-state index contributed by atoms with van der Waals surface area (Å²) in [6.45, 7) is 0. The molecule has 0 spiro atoms. The van der Waals surface area contributed by atoms with Crippen LogP contribution in [0.1, 0.15) is 54.1 Å². The van der Waals surface area contributed by atoms with E-state index in [2.05, 4.69) is 0 Å². The van der Waals surface area contributed by atoms with Crippen LogP contribution in [0.3, 0.4) is 0 Å². The molecule has 0 bridgehead atoms. The molecule has 3 N–H and O–H groups in total. The highest BCUT2D eigenvalue weighted by Gasteiger charge is 2.37. The summed E-state index contributed by atoms with van der Waals surface area (Å²) in [5.41, 5.74) is 5.62. The zero-order valence-electron chi connectivity index (χ0n) is 12.5. The molecule has 120 valence electrons. The fourth-order valence-electron chi connectivity index (χ4n) is 3.39. The van der Waals surface area contributed by atoms with Crippen molar-refractivity contribution in [3.8, 4) is 0 Å². The van der Waals surface area contributed by atoms with Gasteiger partial charge < -0.3 is 15.4 Å². The Morgan fingerprint density at radius 3 is 2.57 bits per heavy atom. The van der Waals surface area contributed by atoms with Crippen molar-refractivity contribution in [3.05, 3.63) is 45.5 Å². The van der Waals surface area contributed by atoms with Crippen molar-refractivity contribution in [2.45, 2.75) is 43.7 Å². The molecule has 5 nitrogen and oxygen atoms in total. The molecule has 1 aromatic carbocycles. The first kappa shape index (κ1) is 14.4. The Hall–Kier alpha value is -2.21. The van der Waals surface area contributed by atoms with Crippen molar-refractivity contribution in [1.29, 1.82) is 0 Å². The van der Waals surface area contributed by atoms with Crippen LogP contribution in [0.25, 0.3) is 10.9 Å². The lowest BCUT2D eigenvalue weighted by Gasteiger charge is -2.39. The minimum Gasteiger partial charge on any atom is -0.477 e. The van der Waals surface area contributed by atoms with E-state index in [1.807, 2.05) is 0 Å². The Morgan fingerprint density at radius 1 is 1.35 bits per heavy atom. The third kappa shape index (κ3) is 2.09. The van der Waals surface area contributed by atoms with Crippen LogP contribution in [0.5, 0.6) is 0 Å². The molecule has 0 saturated heterocycles. The lowest BCUT2D eigenvalue weighted by Crippen LogP contribution is -2.44. The minimum atomic E-state index is -1.29. The summed E-state index contributed by atoms with van der Waals surface area (Å²) < 4.78 is 16.3. The molecule has 1 heterocycles. The van der Waals surface area contributed by atoms with Gasteiger partial charge in [0.15, 0.2) is 0 Å². The Kier molecular flexibility index (Phi) is 2.90. The highest BCUT2D eigenvalue weighted by Crippen LogP contribution is 2.42. The van der Waals surface area contributed by atoms with Gasteiger partial charge in [-0.05, 0) is 44.2 Å². The molecule has 0 atom stereocenters. The van der Waals surface area contributed by atoms with Crippen LogP contribution < -0.4 is 11.2 Å². The number of carboxylic acid groups (broad SMARTS) is 1. The van der Waals surface area contributed by atoms with Gasteiger partial charge >= 0.3 is 5.97 Å². The molecule has 2 fully saturated rings. The van der Waals surface area contributed by atoms with Crippen molar-refractivity contribution >= 4 is 16.9 Å². The normalized spacial score (nSPS) is 19.6. The standard InChI is InChI=1S/C17H17FN2O3/c18-13-6-10-14(7-12(13)17(19)4-1-5-17)20(9-2-3-9)8-11(15(10)21)16(22)23/h6-9H,1-5,19H2,(H,22,23). The average molecular weight is 316 g/mol. The Labute approximate surface area is 131 Å². The summed E-state index contributed by atoms with van der Waals surface area (Å²) in [4.78, 5) is 23.7. The van der Waals surface area contributed by atoms with E-state index in [-0.39, 0.29) is 17.0 Å². The maximum Gasteiger partial charge on any atom is 0.341 e. The van der Waals surface area contributed by atoms with Gasteiger partial charge in [-0.25, -0.2) is 9.18 Å². The third-order valence-corrected chi connectivity index (χ3v) is 5.07. The lowest BCUT2D eigenvalue weighted by atomic mass is 9.72. The van der Waals surface area contributed by atoms with Crippen molar-refractivity contribution < 1.29 is 14.3 Å². The third-order valence-electron chi connectivity index (χ3n) is 5.07. The van der Waals surface area contributed by atoms with E-state index in [1.165, 1.54) is 6.20 Å². The number of halogens is 1. The second-order valence-corrected chi connectivity index (χ2v) is 6.67. The molecule has 6 heteroatoms. The number of hydrogen-bond donors (Lipinski definition) is 2. The van der Waals surface area contributed by atoms with Crippen LogP contribution in [-0.2, 0) is 5.54 Å². The minimum absolute atomic E-state index is 0.112. The second-order valence-electron chi connectivity index (χ2n) is 6.67. The van der Waals surface area contributed by atoms with Gasteiger partial charge in [0, 0.05) is 28.7 Å². The molecule has 0 radical (unpaired) electrons. The number of rotatable bonds is 3. The number of aromatic nitrogens is 1. The van der Waals surface area contributed by atoms with Crippen LogP contribution in [0.15, 0.2) is 23.1 Å². The first-order valence-electron chi connectivity index (χ1n) is 7.82. The monoisotopic (exact) mass is 316 g/mol. The van der Waals surface area contributed by atoms with Gasteiger partial charge in [0.05, 0.1) is 5.52 Å².